The molecule has 14 heavy (non-hydrogen) atoms. The van der Waals surface area contributed by atoms with E-state index in [-0.39, 0.29) is 5.92 Å². The second-order valence-corrected chi connectivity index (χ2v) is 4.71. The van der Waals surface area contributed by atoms with Gasteiger partial charge in [0.25, 0.3) is 0 Å². The summed E-state index contributed by atoms with van der Waals surface area (Å²) in [5, 5.41) is 3.26. The van der Waals surface area contributed by atoms with Crippen LogP contribution in [-0.4, -0.2) is 36.0 Å². The molecule has 2 fully saturated rings. The van der Waals surface area contributed by atoms with E-state index in [0.29, 0.717) is 18.0 Å². The molecule has 2 aliphatic heterocycles. The van der Waals surface area contributed by atoms with Crippen LogP contribution in [0.5, 0.6) is 0 Å². The molecule has 2 saturated heterocycles. The zero-order chi connectivity index (χ0) is 10.1. The van der Waals surface area contributed by atoms with Crippen LogP contribution < -0.4 is 5.32 Å². The lowest BCUT2D eigenvalue weighted by Gasteiger charge is -2.28. The zero-order valence-corrected chi connectivity index (χ0v) is 9.12. The van der Waals surface area contributed by atoms with E-state index in [1.54, 1.807) is 0 Å². The SMILES string of the molecule is CC1CCC(C)N1C(=O)[C@H]1CCNC1. The van der Waals surface area contributed by atoms with Crippen LogP contribution in [0.15, 0.2) is 0 Å². The van der Waals surface area contributed by atoms with Crippen molar-refractivity contribution in [1.82, 2.24) is 10.2 Å². The molecule has 3 nitrogen and oxygen atoms in total. The minimum absolute atomic E-state index is 0.248. The Morgan fingerprint density at radius 1 is 1.21 bits per heavy atom. The monoisotopic (exact) mass is 196 g/mol. The molecular weight excluding hydrogens is 176 g/mol. The molecule has 2 rings (SSSR count). The van der Waals surface area contributed by atoms with Crippen LogP contribution in [0.3, 0.4) is 0 Å². The molecule has 0 radical (unpaired) electrons. The fourth-order valence-corrected chi connectivity index (χ4v) is 2.71. The molecule has 0 saturated carbocycles. The van der Waals surface area contributed by atoms with Gasteiger partial charge in [0.1, 0.15) is 0 Å². The third-order valence-corrected chi connectivity index (χ3v) is 3.62. The summed E-state index contributed by atoms with van der Waals surface area (Å²) in [5.74, 6) is 0.630. The van der Waals surface area contributed by atoms with Gasteiger partial charge in [-0.05, 0) is 39.7 Å². The Balaban J connectivity index is 2.02. The van der Waals surface area contributed by atoms with Crippen molar-refractivity contribution in [2.24, 2.45) is 5.92 Å². The summed E-state index contributed by atoms with van der Waals surface area (Å²) in [5.41, 5.74) is 0. The van der Waals surface area contributed by atoms with E-state index in [4.69, 9.17) is 0 Å². The number of hydrogen-bond donors (Lipinski definition) is 1. The van der Waals surface area contributed by atoms with Gasteiger partial charge in [-0.1, -0.05) is 0 Å². The number of nitrogens with one attached hydrogen (secondary N) is 1. The first-order chi connectivity index (χ1) is 6.70. The highest BCUT2D eigenvalue weighted by molar-refractivity contribution is 5.80. The summed E-state index contributed by atoms with van der Waals surface area (Å²) in [7, 11) is 0. The van der Waals surface area contributed by atoms with Crippen molar-refractivity contribution in [3.8, 4) is 0 Å². The second kappa shape index (κ2) is 3.89. The van der Waals surface area contributed by atoms with Crippen molar-refractivity contribution in [1.29, 1.82) is 0 Å². The van der Waals surface area contributed by atoms with Gasteiger partial charge in [-0.25, -0.2) is 0 Å². The topological polar surface area (TPSA) is 32.3 Å². The average molecular weight is 196 g/mol. The van der Waals surface area contributed by atoms with Gasteiger partial charge in [0.2, 0.25) is 5.91 Å². The van der Waals surface area contributed by atoms with Crippen LogP contribution in [0.4, 0.5) is 0 Å². The zero-order valence-electron chi connectivity index (χ0n) is 9.12. The Kier molecular flexibility index (Phi) is 2.77. The summed E-state index contributed by atoms with van der Waals surface area (Å²) in [6, 6.07) is 0.913. The van der Waals surface area contributed by atoms with Gasteiger partial charge in [0.05, 0.1) is 5.92 Å². The molecule has 2 aliphatic rings. The highest BCUT2D eigenvalue weighted by Gasteiger charge is 2.35. The minimum atomic E-state index is 0.248. The van der Waals surface area contributed by atoms with Crippen molar-refractivity contribution in [3.05, 3.63) is 0 Å². The lowest BCUT2D eigenvalue weighted by molar-refractivity contribution is -0.137. The molecule has 80 valence electrons. The first kappa shape index (κ1) is 9.97. The summed E-state index contributed by atoms with van der Waals surface area (Å²) in [6.45, 7) is 6.23. The quantitative estimate of drug-likeness (QED) is 0.678. The number of rotatable bonds is 1. The van der Waals surface area contributed by atoms with E-state index in [9.17, 15) is 4.79 Å². The third-order valence-electron chi connectivity index (χ3n) is 3.62. The third kappa shape index (κ3) is 1.65. The molecule has 1 amide bonds. The molecule has 1 N–H and O–H groups in total. The summed E-state index contributed by atoms with van der Waals surface area (Å²) >= 11 is 0. The van der Waals surface area contributed by atoms with Crippen molar-refractivity contribution in [3.63, 3.8) is 0 Å². The molecule has 0 spiro atoms. The van der Waals surface area contributed by atoms with Gasteiger partial charge in [-0.15, -0.1) is 0 Å². The number of amides is 1. The van der Waals surface area contributed by atoms with E-state index >= 15 is 0 Å². The van der Waals surface area contributed by atoms with Gasteiger partial charge in [-0.2, -0.15) is 0 Å². The Morgan fingerprint density at radius 3 is 2.36 bits per heavy atom. The Labute approximate surface area is 85.8 Å². The van der Waals surface area contributed by atoms with Crippen LogP contribution >= 0.6 is 0 Å². The van der Waals surface area contributed by atoms with E-state index < -0.39 is 0 Å². The first-order valence-electron chi connectivity index (χ1n) is 5.73. The Hall–Kier alpha value is -0.570. The highest BCUT2D eigenvalue weighted by atomic mass is 16.2. The van der Waals surface area contributed by atoms with E-state index in [1.165, 1.54) is 12.8 Å². The van der Waals surface area contributed by atoms with Gasteiger partial charge < -0.3 is 10.2 Å². The summed E-state index contributed by atoms with van der Waals surface area (Å²) in [6.07, 6.45) is 3.37. The first-order valence-corrected chi connectivity index (χ1v) is 5.73. The van der Waals surface area contributed by atoms with Crippen LogP contribution in [0, 0.1) is 5.92 Å². The number of carbonyl (C=O) groups excluding carboxylic acids is 1. The molecule has 2 unspecified atom stereocenters. The van der Waals surface area contributed by atoms with Crippen LogP contribution in [0.2, 0.25) is 0 Å². The molecule has 0 aliphatic carbocycles. The van der Waals surface area contributed by atoms with Crippen LogP contribution in [0.1, 0.15) is 33.1 Å². The number of likely N-dealkylation sites (tertiary alicyclic amines) is 1. The molecule has 3 heteroatoms. The summed E-state index contributed by atoms with van der Waals surface area (Å²) < 4.78 is 0. The Morgan fingerprint density at radius 2 is 1.86 bits per heavy atom. The fraction of sp³-hybridized carbons (Fsp3) is 0.909. The van der Waals surface area contributed by atoms with Crippen LogP contribution in [-0.2, 0) is 4.79 Å². The van der Waals surface area contributed by atoms with Gasteiger partial charge in [-0.3, -0.25) is 4.79 Å². The van der Waals surface area contributed by atoms with Crippen molar-refractivity contribution >= 4 is 5.91 Å². The molecule has 3 atom stereocenters. The maximum absolute atomic E-state index is 12.2. The maximum atomic E-state index is 12.2. The van der Waals surface area contributed by atoms with Crippen molar-refractivity contribution < 1.29 is 4.79 Å². The standard InChI is InChI=1S/C11H20N2O/c1-8-3-4-9(2)13(8)11(14)10-5-6-12-7-10/h8-10,12H,3-7H2,1-2H3/t8?,9?,10-/m0/s1. The maximum Gasteiger partial charge on any atom is 0.227 e. The molecule has 0 aromatic heterocycles. The molecule has 0 aromatic rings. The predicted octanol–water partition coefficient (Wildman–Crippen LogP) is 0.995. The number of hydrogen-bond acceptors (Lipinski definition) is 2. The average Bonchev–Trinajstić information content (AvgIpc) is 2.75. The largest absolute Gasteiger partial charge is 0.337 e. The number of carbonyl (C=O) groups is 1. The van der Waals surface area contributed by atoms with Crippen molar-refractivity contribution in [2.75, 3.05) is 13.1 Å². The fourth-order valence-electron chi connectivity index (χ4n) is 2.71. The predicted molar refractivity (Wildman–Crippen MR) is 56.0 cm³/mol. The van der Waals surface area contributed by atoms with E-state index in [0.717, 1.165) is 19.5 Å². The van der Waals surface area contributed by atoms with E-state index in [1.807, 2.05) is 0 Å². The second-order valence-electron chi connectivity index (χ2n) is 4.71. The molecule has 0 bridgehead atoms. The highest BCUT2D eigenvalue weighted by Crippen LogP contribution is 2.26. The minimum Gasteiger partial charge on any atom is -0.337 e. The summed E-state index contributed by atoms with van der Waals surface area (Å²) in [4.78, 5) is 14.3. The lowest BCUT2D eigenvalue weighted by Crippen LogP contribution is -2.42. The molecule has 2 heterocycles. The lowest BCUT2D eigenvalue weighted by atomic mass is 10.1. The molecule has 0 aromatic carbocycles. The smallest absolute Gasteiger partial charge is 0.227 e. The van der Waals surface area contributed by atoms with Crippen LogP contribution in [0.25, 0.3) is 0 Å². The van der Waals surface area contributed by atoms with Gasteiger partial charge >= 0.3 is 0 Å². The Bertz CT molecular complexity index is 213. The van der Waals surface area contributed by atoms with Gasteiger partial charge in [0, 0.05) is 18.6 Å². The van der Waals surface area contributed by atoms with E-state index in [2.05, 4.69) is 24.1 Å². The molecular formula is C11H20N2O. The number of nitrogens with zero attached hydrogens (tertiary/aromatic N) is 1. The van der Waals surface area contributed by atoms with Gasteiger partial charge in [0.15, 0.2) is 0 Å². The van der Waals surface area contributed by atoms with Crippen molar-refractivity contribution in [2.45, 2.75) is 45.2 Å². The normalized spacial score (nSPS) is 37.9.